The van der Waals surface area contributed by atoms with Gasteiger partial charge in [-0.3, -0.25) is 19.1 Å². The lowest BCUT2D eigenvalue weighted by atomic mass is 9.96. The second-order valence-corrected chi connectivity index (χ2v) is 12.6. The van der Waals surface area contributed by atoms with E-state index in [1.165, 1.54) is 8.99 Å². The highest BCUT2D eigenvalue weighted by Gasteiger charge is 2.40. The van der Waals surface area contributed by atoms with Gasteiger partial charge in [-0.05, 0) is 38.6 Å². The summed E-state index contributed by atoms with van der Waals surface area (Å²) < 4.78 is 35.4. The van der Waals surface area contributed by atoms with Crippen LogP contribution in [0.15, 0.2) is 27.9 Å². The van der Waals surface area contributed by atoms with E-state index in [4.69, 9.17) is 30.1 Å². The third-order valence-corrected chi connectivity index (χ3v) is 9.04. The van der Waals surface area contributed by atoms with E-state index in [0.29, 0.717) is 61.6 Å². The number of piperazine rings is 1. The zero-order valence-corrected chi connectivity index (χ0v) is 28.7. The number of fused-ring (bicyclic) bond motifs is 1. The first kappa shape index (κ1) is 47.6. The molecule has 50 heavy (non-hydrogen) atoms. The van der Waals surface area contributed by atoms with Gasteiger partial charge in [0.2, 0.25) is 10.0 Å². The lowest BCUT2D eigenvalue weighted by Gasteiger charge is -2.31. The van der Waals surface area contributed by atoms with Crippen molar-refractivity contribution in [1.29, 1.82) is 0 Å². The maximum Gasteiger partial charge on any atom is 0.336 e. The van der Waals surface area contributed by atoms with Crippen LogP contribution in [-0.4, -0.2) is 143 Å². The molecule has 3 heterocycles. The molecule has 284 valence electrons. The number of carboxylic acids is 3. The number of ether oxygens (including phenoxy) is 1. The van der Waals surface area contributed by atoms with Crippen molar-refractivity contribution in [2.45, 2.75) is 50.0 Å². The molecule has 0 spiro atoms. The van der Waals surface area contributed by atoms with Gasteiger partial charge in [0.25, 0.3) is 5.56 Å². The van der Waals surface area contributed by atoms with Crippen LogP contribution in [-0.2, 0) is 37.9 Å². The number of aliphatic hydroxyl groups is 1. The quantitative estimate of drug-likeness (QED) is 0.124. The van der Waals surface area contributed by atoms with Gasteiger partial charge >= 0.3 is 17.9 Å². The van der Waals surface area contributed by atoms with Crippen molar-refractivity contribution < 1.29 is 69.9 Å². The number of nitrogens with one attached hydrogen (secondary N) is 1. The summed E-state index contributed by atoms with van der Waals surface area (Å²) in [5.74, 6) is -4.30. The molecule has 1 saturated heterocycles. The third-order valence-electron chi connectivity index (χ3n) is 7.14. The first-order chi connectivity index (χ1) is 21.5. The number of nitrogens with zero attached hydrogens (tertiary/aromatic N) is 5. The van der Waals surface area contributed by atoms with Gasteiger partial charge in [-0.2, -0.15) is 9.40 Å². The number of likely N-dealkylation sites (N-methyl/N-ethyl adjacent to an activating group) is 1. The van der Waals surface area contributed by atoms with E-state index in [1.54, 1.807) is 25.2 Å². The van der Waals surface area contributed by atoms with Crippen molar-refractivity contribution in [1.82, 2.24) is 29.0 Å². The summed E-state index contributed by atoms with van der Waals surface area (Å²) in [5.41, 5.74) is -0.993. The second kappa shape index (κ2) is 19.6. The van der Waals surface area contributed by atoms with Crippen molar-refractivity contribution in [3.63, 3.8) is 0 Å². The molecule has 0 amide bonds. The van der Waals surface area contributed by atoms with E-state index in [1.807, 2.05) is 20.9 Å². The van der Waals surface area contributed by atoms with Crippen molar-refractivity contribution in [2.24, 2.45) is 7.05 Å². The van der Waals surface area contributed by atoms with Crippen LogP contribution in [0.1, 0.15) is 38.8 Å². The molecule has 1 aromatic carbocycles. The van der Waals surface area contributed by atoms with Crippen LogP contribution in [0.4, 0.5) is 0 Å². The van der Waals surface area contributed by atoms with Gasteiger partial charge in [-0.1, -0.05) is 13.3 Å². The van der Waals surface area contributed by atoms with Crippen LogP contribution in [0.3, 0.4) is 0 Å². The molecule has 1 aliphatic heterocycles. The van der Waals surface area contributed by atoms with E-state index in [9.17, 15) is 27.6 Å². The topological polar surface area (TPSA) is 372 Å². The first-order valence-corrected chi connectivity index (χ1v) is 15.8. The molecule has 0 radical (unpaired) electrons. The summed E-state index contributed by atoms with van der Waals surface area (Å²) in [4.78, 5) is 53.1. The van der Waals surface area contributed by atoms with Crippen molar-refractivity contribution in [3.8, 4) is 17.1 Å². The number of aliphatic carboxylic acids is 3. The Labute approximate surface area is 286 Å². The lowest BCUT2D eigenvalue weighted by molar-refractivity contribution is -0.170. The maximum absolute atomic E-state index is 13.3. The van der Waals surface area contributed by atoms with Gasteiger partial charge in [0.15, 0.2) is 11.1 Å². The number of rotatable bonds is 12. The van der Waals surface area contributed by atoms with Gasteiger partial charge in [-0.25, -0.2) is 18.2 Å². The highest BCUT2D eigenvalue weighted by Crippen LogP contribution is 2.32. The molecule has 0 bridgehead atoms. The summed E-state index contributed by atoms with van der Waals surface area (Å²) in [6, 6.07) is 4.71. The maximum atomic E-state index is 13.3. The molecule has 3 aromatic rings. The van der Waals surface area contributed by atoms with Gasteiger partial charge in [0, 0.05) is 33.2 Å². The molecular weight excluding hydrogens is 692 g/mol. The SMILES string of the molecule is CCCc1nn(C)c2c(=O)[nH]c(-c3cc(S(=O)(=O)N4CCN(C)CC4)ccc3OCC)nc12.O.O.O.O.O=C(O)CC(O)(CC(=O)O)C(=O)O. The predicted molar refractivity (Wildman–Crippen MR) is 178 cm³/mol. The zero-order chi connectivity index (χ0) is 34.4. The summed E-state index contributed by atoms with van der Waals surface area (Å²) in [7, 11) is -0.00831. The van der Waals surface area contributed by atoms with E-state index in [2.05, 4.69) is 15.0 Å². The molecule has 22 heteroatoms. The van der Waals surface area contributed by atoms with Crippen LogP contribution in [0.2, 0.25) is 0 Å². The minimum absolute atomic E-state index is 0. The first-order valence-electron chi connectivity index (χ1n) is 14.3. The number of carbonyl (C=O) groups is 3. The van der Waals surface area contributed by atoms with Crippen molar-refractivity contribution in [3.05, 3.63) is 34.2 Å². The average Bonchev–Trinajstić information content (AvgIpc) is 3.28. The largest absolute Gasteiger partial charge is 0.493 e. The Hall–Kier alpha value is -4.55. The van der Waals surface area contributed by atoms with Crippen LogP contribution in [0, 0.1) is 0 Å². The molecular formula is C28H46N6O15S. The van der Waals surface area contributed by atoms with Crippen LogP contribution in [0.25, 0.3) is 22.4 Å². The van der Waals surface area contributed by atoms with Crippen LogP contribution >= 0.6 is 0 Å². The predicted octanol–water partition coefficient (Wildman–Crippen LogP) is -2.94. The normalized spacial score (nSPS) is 13.3. The number of aromatic nitrogens is 4. The number of aryl methyl sites for hydroxylation is 2. The highest BCUT2D eigenvalue weighted by atomic mass is 32.2. The van der Waals surface area contributed by atoms with Crippen LogP contribution in [0.5, 0.6) is 5.75 Å². The Balaban J connectivity index is 0. The number of hydrogen-bond acceptors (Lipinski definition) is 11. The van der Waals surface area contributed by atoms with Crippen molar-refractivity contribution in [2.75, 3.05) is 39.8 Å². The van der Waals surface area contributed by atoms with Gasteiger partial charge < -0.3 is 57.0 Å². The summed E-state index contributed by atoms with van der Waals surface area (Å²) >= 11 is 0. The minimum atomic E-state index is -3.70. The minimum Gasteiger partial charge on any atom is -0.493 e. The fourth-order valence-electron chi connectivity index (χ4n) is 4.81. The molecule has 0 saturated carbocycles. The van der Waals surface area contributed by atoms with E-state index >= 15 is 0 Å². The number of aromatic amines is 1. The number of sulfonamides is 1. The molecule has 1 aliphatic rings. The standard InChI is InChI=1S/C22H30N6O4S.C6H8O7.4H2O/c1-5-7-17-19-20(27(4)25-17)22(29)24-21(23-19)16-14-15(8-9-18(16)32-6-2)33(30,31)28-12-10-26(3)11-13-28;7-3(8)1-6(13,5(11)12)2-4(9)10;;;;/h8-9,14H,5-7,10-13H2,1-4H3,(H,23,24,29);13H,1-2H2,(H,7,8)(H,9,10)(H,11,12);4*1H2. The lowest BCUT2D eigenvalue weighted by Crippen LogP contribution is -2.47. The molecule has 0 atom stereocenters. The Bertz CT molecular complexity index is 1750. The Morgan fingerprint density at radius 1 is 0.960 bits per heavy atom. The third kappa shape index (κ3) is 11.0. The molecule has 13 N–H and O–H groups in total. The van der Waals surface area contributed by atoms with Crippen LogP contribution < -0.4 is 10.3 Å². The number of H-pyrrole nitrogens is 1. The summed E-state index contributed by atoms with van der Waals surface area (Å²) in [5, 5.41) is 38.3. The van der Waals surface area contributed by atoms with Gasteiger partial charge in [-0.15, -0.1) is 0 Å². The smallest absolute Gasteiger partial charge is 0.336 e. The fraction of sp³-hybridized carbons (Fsp3) is 0.500. The Morgan fingerprint density at radius 2 is 1.52 bits per heavy atom. The molecule has 4 rings (SSSR count). The molecule has 1 fully saturated rings. The van der Waals surface area contributed by atoms with E-state index in [0.717, 1.165) is 12.1 Å². The molecule has 0 aliphatic carbocycles. The zero-order valence-electron chi connectivity index (χ0n) is 27.9. The summed E-state index contributed by atoms with van der Waals surface area (Å²) in [6.07, 6.45) is -0.745. The van der Waals surface area contributed by atoms with Gasteiger partial charge in [0.1, 0.15) is 17.1 Å². The summed E-state index contributed by atoms with van der Waals surface area (Å²) in [6.45, 7) is 6.48. The average molecular weight is 739 g/mol. The Kier molecular flexibility index (Phi) is 18.6. The number of carboxylic acid groups (broad SMARTS) is 3. The number of benzene rings is 1. The number of hydrogen-bond donors (Lipinski definition) is 5. The fourth-order valence-corrected chi connectivity index (χ4v) is 6.26. The molecule has 21 nitrogen and oxygen atoms in total. The van der Waals surface area contributed by atoms with E-state index in [-0.39, 0.29) is 38.2 Å². The second-order valence-electron chi connectivity index (χ2n) is 10.7. The molecule has 2 aromatic heterocycles. The monoisotopic (exact) mass is 738 g/mol. The highest BCUT2D eigenvalue weighted by molar-refractivity contribution is 7.89. The van der Waals surface area contributed by atoms with Crippen molar-refractivity contribution >= 4 is 39.0 Å². The van der Waals surface area contributed by atoms with E-state index < -0.39 is 46.4 Å². The molecule has 0 unspecified atom stereocenters. The van der Waals surface area contributed by atoms with Gasteiger partial charge in [0.05, 0.1) is 35.6 Å². The Morgan fingerprint density at radius 3 is 2.00 bits per heavy atom.